The van der Waals surface area contributed by atoms with Gasteiger partial charge in [0.1, 0.15) is 11.1 Å². The van der Waals surface area contributed by atoms with Crippen molar-refractivity contribution in [3.05, 3.63) is 47.6 Å². The number of rotatable bonds is 2. The van der Waals surface area contributed by atoms with Crippen LogP contribution in [0, 0.1) is 11.8 Å². The predicted molar refractivity (Wildman–Crippen MR) is 154 cm³/mol. The molecule has 3 aromatic rings. The highest BCUT2D eigenvalue weighted by Gasteiger charge is 2.54. The molecule has 5 heterocycles. The third-order valence-electron chi connectivity index (χ3n) is 7.97. The van der Waals surface area contributed by atoms with E-state index in [1.165, 1.54) is 5.47 Å². The number of carbonyl (C=O) groups excluding carboxylic acids is 1. The van der Waals surface area contributed by atoms with E-state index in [0.717, 1.165) is 36.3 Å². The molecule has 3 aliphatic rings. The highest BCUT2D eigenvalue weighted by atomic mass is 35.5. The molecule has 6 rings (SSSR count). The molecule has 2 fully saturated rings. The third kappa shape index (κ3) is 5.78. The normalized spacial score (nSPS) is 23.2. The Kier molecular flexibility index (Phi) is 7.29. The first-order valence-corrected chi connectivity index (χ1v) is 14.0. The van der Waals surface area contributed by atoms with Crippen molar-refractivity contribution in [1.82, 2.24) is 29.3 Å². The van der Waals surface area contributed by atoms with Crippen LogP contribution in [-0.4, -0.2) is 72.4 Å². The minimum absolute atomic E-state index is 0.206. The van der Waals surface area contributed by atoms with Gasteiger partial charge in [0.25, 0.3) is 0 Å². The predicted octanol–water partition coefficient (Wildman–Crippen LogP) is 5.21. The summed E-state index contributed by atoms with van der Waals surface area (Å²) in [5, 5.41) is 8.68. The molecular formula is C28H38BClN6O4. The Morgan fingerprint density at radius 2 is 1.82 bits per heavy atom. The second kappa shape index (κ2) is 10.2. The number of allylic oxidation sites excluding steroid dienone is 1. The molecule has 3 aromatic heterocycles. The largest absolute Gasteiger partial charge is 0.490 e. The van der Waals surface area contributed by atoms with Gasteiger partial charge in [0.15, 0.2) is 5.15 Å². The molecular weight excluding hydrogens is 531 g/mol. The van der Waals surface area contributed by atoms with Crippen molar-refractivity contribution in [3.8, 4) is 11.3 Å². The van der Waals surface area contributed by atoms with Crippen LogP contribution in [-0.2, 0) is 21.1 Å². The Balaban J connectivity index is 0.000000174. The SMILES string of the molecule is CC(C)(C)OC(=O)N1CC2C=C(B3OC(C)(C)C(C)(C)O3)CC2C1.Cn1cc(-c2cn3nccc3c(Cl)n2)cn1. The summed E-state index contributed by atoms with van der Waals surface area (Å²) in [7, 11) is 1.60. The molecule has 12 heteroatoms. The van der Waals surface area contributed by atoms with Crippen molar-refractivity contribution in [3.63, 3.8) is 0 Å². The average molecular weight is 569 g/mol. The summed E-state index contributed by atoms with van der Waals surface area (Å²) in [4.78, 5) is 18.4. The Morgan fingerprint density at radius 3 is 2.42 bits per heavy atom. The number of ether oxygens (including phenoxy) is 1. The minimum atomic E-state index is -0.446. The van der Waals surface area contributed by atoms with Crippen LogP contribution >= 0.6 is 11.6 Å². The fraction of sp³-hybridized carbons (Fsp3) is 0.571. The molecule has 0 spiro atoms. The van der Waals surface area contributed by atoms with E-state index in [-0.39, 0.29) is 24.4 Å². The lowest BCUT2D eigenvalue weighted by atomic mass is 9.77. The number of aryl methyl sites for hydroxylation is 1. The Bertz CT molecular complexity index is 1430. The first kappa shape index (κ1) is 28.6. The van der Waals surface area contributed by atoms with Crippen LogP contribution in [0.25, 0.3) is 16.8 Å². The van der Waals surface area contributed by atoms with Crippen LogP contribution in [0.1, 0.15) is 54.9 Å². The molecule has 2 unspecified atom stereocenters. The molecule has 2 aliphatic heterocycles. The number of carbonyl (C=O) groups is 1. The number of nitrogens with zero attached hydrogens (tertiary/aromatic N) is 6. The standard InChI is InChI=1S/C18H30BNO4.C10H8ClN5/c1-16(2,3)22-15(21)20-10-12-8-14(9-13(12)11-20)19-23-17(4,5)18(6,7)24-19;1-15-5-7(4-13-15)8-6-16-9(2-3-12-16)10(11)14-8/h8,12-13H,9-11H2,1-7H3;2-6H,1H3. The number of fused-ring (bicyclic) bond motifs is 2. The summed E-state index contributed by atoms with van der Waals surface area (Å²) in [6.07, 6.45) is 10.1. The zero-order valence-corrected chi connectivity index (χ0v) is 25.3. The zero-order chi connectivity index (χ0) is 29.0. The molecule has 0 saturated carbocycles. The van der Waals surface area contributed by atoms with E-state index in [2.05, 4.69) is 49.0 Å². The first-order valence-electron chi connectivity index (χ1n) is 13.6. The summed E-state index contributed by atoms with van der Waals surface area (Å²) in [5.74, 6) is 0.832. The molecule has 0 aromatic carbocycles. The number of hydrogen-bond donors (Lipinski definition) is 0. The van der Waals surface area contributed by atoms with Crippen molar-refractivity contribution in [2.75, 3.05) is 13.1 Å². The maximum absolute atomic E-state index is 12.2. The molecule has 1 amide bonds. The lowest BCUT2D eigenvalue weighted by Gasteiger charge is -2.32. The van der Waals surface area contributed by atoms with Crippen molar-refractivity contribution in [2.24, 2.45) is 18.9 Å². The third-order valence-corrected chi connectivity index (χ3v) is 8.25. The molecule has 0 N–H and O–H groups in total. The van der Waals surface area contributed by atoms with E-state index in [1.807, 2.05) is 51.2 Å². The van der Waals surface area contributed by atoms with E-state index in [9.17, 15) is 4.79 Å². The molecule has 40 heavy (non-hydrogen) atoms. The molecule has 1 aliphatic carbocycles. The van der Waals surface area contributed by atoms with Gasteiger partial charge in [-0.25, -0.2) is 14.3 Å². The van der Waals surface area contributed by atoms with Gasteiger partial charge in [0.2, 0.25) is 0 Å². The fourth-order valence-electron chi connectivity index (χ4n) is 5.17. The highest BCUT2D eigenvalue weighted by Crippen LogP contribution is 2.44. The highest BCUT2D eigenvalue weighted by molar-refractivity contribution is 6.54. The van der Waals surface area contributed by atoms with E-state index in [0.29, 0.717) is 17.0 Å². The first-order chi connectivity index (χ1) is 18.6. The van der Waals surface area contributed by atoms with Gasteiger partial charge >= 0.3 is 13.2 Å². The van der Waals surface area contributed by atoms with Gasteiger partial charge in [-0.2, -0.15) is 10.2 Å². The summed E-state index contributed by atoms with van der Waals surface area (Å²) in [6, 6.07) is 1.82. The van der Waals surface area contributed by atoms with Gasteiger partial charge in [-0.15, -0.1) is 0 Å². The van der Waals surface area contributed by atoms with Crippen LogP contribution in [0.3, 0.4) is 0 Å². The topological polar surface area (TPSA) is 96.0 Å². The van der Waals surface area contributed by atoms with Crippen molar-refractivity contribution in [2.45, 2.75) is 71.7 Å². The second-order valence-corrected chi connectivity index (χ2v) is 13.2. The van der Waals surface area contributed by atoms with Crippen LogP contribution in [0.4, 0.5) is 4.79 Å². The number of hydrogen-bond acceptors (Lipinski definition) is 7. The van der Waals surface area contributed by atoms with Gasteiger partial charge < -0.3 is 18.9 Å². The Hall–Kier alpha value is -2.89. The lowest BCUT2D eigenvalue weighted by molar-refractivity contribution is 0.00578. The summed E-state index contributed by atoms with van der Waals surface area (Å²) >= 11 is 6.06. The van der Waals surface area contributed by atoms with Crippen LogP contribution in [0.15, 0.2) is 42.4 Å². The average Bonchev–Trinajstić information content (AvgIpc) is 3.62. The van der Waals surface area contributed by atoms with Crippen LogP contribution in [0.5, 0.6) is 0 Å². The number of amides is 1. The molecule has 2 atom stereocenters. The lowest BCUT2D eigenvalue weighted by Crippen LogP contribution is -2.41. The van der Waals surface area contributed by atoms with Gasteiger partial charge in [0.05, 0.1) is 35.5 Å². The van der Waals surface area contributed by atoms with Crippen LogP contribution in [0.2, 0.25) is 5.15 Å². The van der Waals surface area contributed by atoms with E-state index in [4.69, 9.17) is 25.6 Å². The molecule has 10 nitrogen and oxygen atoms in total. The Labute approximate surface area is 240 Å². The molecule has 2 saturated heterocycles. The number of halogens is 1. The maximum Gasteiger partial charge on any atom is 0.490 e. The summed E-state index contributed by atoms with van der Waals surface area (Å²) in [5.41, 5.74) is 2.65. The smallest absolute Gasteiger partial charge is 0.444 e. The van der Waals surface area contributed by atoms with E-state index >= 15 is 0 Å². The van der Waals surface area contributed by atoms with E-state index in [1.54, 1.807) is 21.6 Å². The molecule has 0 bridgehead atoms. The van der Waals surface area contributed by atoms with Gasteiger partial charge in [-0.05, 0) is 78.3 Å². The quantitative estimate of drug-likeness (QED) is 0.391. The number of likely N-dealkylation sites (tertiary alicyclic amines) is 1. The Morgan fingerprint density at radius 1 is 1.12 bits per heavy atom. The maximum atomic E-state index is 12.2. The monoisotopic (exact) mass is 568 g/mol. The summed E-state index contributed by atoms with van der Waals surface area (Å²) in [6.45, 7) is 15.5. The van der Waals surface area contributed by atoms with Crippen molar-refractivity contribution >= 4 is 30.3 Å². The van der Waals surface area contributed by atoms with E-state index < -0.39 is 5.60 Å². The second-order valence-electron chi connectivity index (χ2n) is 12.8. The van der Waals surface area contributed by atoms with Crippen LogP contribution < -0.4 is 0 Å². The zero-order valence-electron chi connectivity index (χ0n) is 24.5. The van der Waals surface area contributed by atoms with Crippen molar-refractivity contribution < 1.29 is 18.8 Å². The molecule has 214 valence electrons. The number of aromatic nitrogens is 5. The van der Waals surface area contributed by atoms with Gasteiger partial charge in [0, 0.05) is 31.9 Å². The van der Waals surface area contributed by atoms with Crippen molar-refractivity contribution in [1.29, 1.82) is 0 Å². The van der Waals surface area contributed by atoms with Gasteiger partial charge in [-0.1, -0.05) is 17.7 Å². The minimum Gasteiger partial charge on any atom is -0.444 e. The summed E-state index contributed by atoms with van der Waals surface area (Å²) < 4.78 is 21.2. The fourth-order valence-corrected chi connectivity index (χ4v) is 5.41. The molecule has 0 radical (unpaired) electrons. The van der Waals surface area contributed by atoms with Gasteiger partial charge in [-0.3, -0.25) is 4.68 Å².